The lowest BCUT2D eigenvalue weighted by Crippen LogP contribution is -2.45. The molecule has 1 aliphatic carbocycles. The molecule has 1 fully saturated rings. The van der Waals surface area contributed by atoms with Crippen LogP contribution in [0.4, 0.5) is 0 Å². The zero-order valence-corrected chi connectivity index (χ0v) is 7.27. The molecule has 2 N–H and O–H groups in total. The lowest BCUT2D eigenvalue weighted by Gasteiger charge is -2.38. The van der Waals surface area contributed by atoms with Crippen molar-refractivity contribution in [2.75, 3.05) is 19.9 Å². The van der Waals surface area contributed by atoms with E-state index >= 15 is 0 Å². The maximum Gasteiger partial charge on any atom is 0.212 e. The van der Waals surface area contributed by atoms with Crippen LogP contribution in [-0.2, 0) is 9.47 Å². The maximum absolute atomic E-state index is 8.60. The Bertz CT molecular complexity index is 217. The van der Waals surface area contributed by atoms with Gasteiger partial charge in [-0.3, -0.25) is 0 Å². The number of rotatable bonds is 3. The van der Waals surface area contributed by atoms with Gasteiger partial charge < -0.3 is 19.9 Å². The summed E-state index contributed by atoms with van der Waals surface area (Å²) in [7, 11) is 0. The van der Waals surface area contributed by atoms with E-state index in [4.69, 9.17) is 14.6 Å². The molecule has 4 heteroatoms. The number of nitrogens with one attached hydrogen (secondary N) is 1. The first-order valence-corrected chi connectivity index (χ1v) is 4.35. The smallest absolute Gasteiger partial charge is 0.212 e. The molecule has 13 heavy (non-hydrogen) atoms. The molecule has 0 saturated carbocycles. The molecule has 0 aromatic rings. The number of hydrogen-bond acceptors (Lipinski definition) is 4. The highest BCUT2D eigenvalue weighted by atomic mass is 16.9. The summed E-state index contributed by atoms with van der Waals surface area (Å²) in [6, 6.07) is 0.172. The van der Waals surface area contributed by atoms with Crippen molar-refractivity contribution in [1.29, 1.82) is 0 Å². The van der Waals surface area contributed by atoms with Crippen LogP contribution < -0.4 is 5.32 Å². The van der Waals surface area contributed by atoms with Crippen molar-refractivity contribution in [3.05, 3.63) is 24.3 Å². The summed E-state index contributed by atoms with van der Waals surface area (Å²) in [6.07, 6.45) is 7.70. The van der Waals surface area contributed by atoms with Crippen LogP contribution in [0.5, 0.6) is 0 Å². The van der Waals surface area contributed by atoms with E-state index in [1.54, 1.807) is 0 Å². The Balaban J connectivity index is 1.86. The second-order valence-electron chi connectivity index (χ2n) is 3.05. The third-order valence-corrected chi connectivity index (χ3v) is 2.13. The molecule has 0 amide bonds. The fourth-order valence-corrected chi connectivity index (χ4v) is 1.35. The van der Waals surface area contributed by atoms with Gasteiger partial charge in [-0.15, -0.1) is 0 Å². The van der Waals surface area contributed by atoms with Crippen molar-refractivity contribution >= 4 is 0 Å². The van der Waals surface area contributed by atoms with E-state index < -0.39 is 5.79 Å². The summed E-state index contributed by atoms with van der Waals surface area (Å²) in [4.78, 5) is 0. The van der Waals surface area contributed by atoms with Crippen molar-refractivity contribution in [2.24, 2.45) is 0 Å². The van der Waals surface area contributed by atoms with Gasteiger partial charge in [-0.1, -0.05) is 12.2 Å². The Morgan fingerprint density at radius 2 is 2.08 bits per heavy atom. The summed E-state index contributed by atoms with van der Waals surface area (Å²) >= 11 is 0. The molecule has 1 spiro atoms. The first-order valence-electron chi connectivity index (χ1n) is 4.35. The van der Waals surface area contributed by atoms with Crippen molar-refractivity contribution in [3.8, 4) is 0 Å². The molecule has 72 valence electrons. The summed E-state index contributed by atoms with van der Waals surface area (Å²) < 4.78 is 10.5. The molecule has 2 rings (SSSR count). The van der Waals surface area contributed by atoms with Gasteiger partial charge in [0.1, 0.15) is 0 Å². The second kappa shape index (κ2) is 3.59. The summed E-state index contributed by atoms with van der Waals surface area (Å²) in [5, 5.41) is 11.7. The van der Waals surface area contributed by atoms with Crippen LogP contribution in [0.1, 0.15) is 0 Å². The molecule has 0 aromatic carbocycles. The van der Waals surface area contributed by atoms with Gasteiger partial charge >= 0.3 is 0 Å². The number of hydrogen-bond donors (Lipinski definition) is 2. The van der Waals surface area contributed by atoms with Gasteiger partial charge in [-0.2, -0.15) is 0 Å². The van der Waals surface area contributed by atoms with Crippen LogP contribution in [0.25, 0.3) is 0 Å². The highest BCUT2D eigenvalue weighted by molar-refractivity contribution is 5.23. The molecule has 4 nitrogen and oxygen atoms in total. The first-order chi connectivity index (χ1) is 6.35. The third kappa shape index (κ3) is 1.81. The van der Waals surface area contributed by atoms with Crippen molar-refractivity contribution in [3.63, 3.8) is 0 Å². The van der Waals surface area contributed by atoms with Crippen LogP contribution in [0.2, 0.25) is 0 Å². The van der Waals surface area contributed by atoms with Gasteiger partial charge in [0.25, 0.3) is 0 Å². The largest absolute Gasteiger partial charge is 0.395 e. The molecular weight excluding hydrogens is 170 g/mol. The summed E-state index contributed by atoms with van der Waals surface area (Å²) in [5.74, 6) is -0.586. The Morgan fingerprint density at radius 3 is 2.54 bits per heavy atom. The molecule has 0 bridgehead atoms. The molecule has 1 aliphatic heterocycles. The predicted molar refractivity (Wildman–Crippen MR) is 46.9 cm³/mol. The van der Waals surface area contributed by atoms with E-state index in [0.717, 1.165) is 0 Å². The Kier molecular flexibility index (Phi) is 2.46. The van der Waals surface area contributed by atoms with Gasteiger partial charge in [-0.25, -0.2) is 0 Å². The minimum absolute atomic E-state index is 0.149. The van der Waals surface area contributed by atoms with Gasteiger partial charge in [0, 0.05) is 12.6 Å². The zero-order valence-electron chi connectivity index (χ0n) is 7.27. The molecule has 1 saturated heterocycles. The van der Waals surface area contributed by atoms with Crippen LogP contribution >= 0.6 is 0 Å². The predicted octanol–water partition coefficient (Wildman–Crippen LogP) is -0.237. The first kappa shape index (κ1) is 8.90. The third-order valence-electron chi connectivity index (χ3n) is 2.13. The van der Waals surface area contributed by atoms with Crippen LogP contribution in [0, 0.1) is 0 Å². The minimum atomic E-state index is -0.586. The Labute approximate surface area is 76.8 Å². The van der Waals surface area contributed by atoms with Gasteiger partial charge in [0.2, 0.25) is 5.79 Å². The van der Waals surface area contributed by atoms with Crippen LogP contribution in [0.15, 0.2) is 24.3 Å². The van der Waals surface area contributed by atoms with E-state index in [2.05, 4.69) is 5.32 Å². The number of aliphatic hydroxyl groups excluding tert-OH is 1. The number of ether oxygens (including phenoxy) is 2. The molecule has 0 aromatic heterocycles. The van der Waals surface area contributed by atoms with E-state index in [9.17, 15) is 0 Å². The molecule has 0 atom stereocenters. The quantitative estimate of drug-likeness (QED) is 0.593. The fraction of sp³-hybridized carbons (Fsp3) is 0.556. The monoisotopic (exact) mass is 183 g/mol. The van der Waals surface area contributed by atoms with E-state index in [-0.39, 0.29) is 12.6 Å². The second-order valence-corrected chi connectivity index (χ2v) is 3.05. The minimum Gasteiger partial charge on any atom is -0.395 e. The van der Waals surface area contributed by atoms with Gasteiger partial charge in [0.15, 0.2) is 6.79 Å². The topological polar surface area (TPSA) is 50.7 Å². The Morgan fingerprint density at radius 1 is 1.38 bits per heavy atom. The highest BCUT2D eigenvalue weighted by Crippen LogP contribution is 2.28. The molecule has 1 heterocycles. The standard InChI is InChI=1S/C9H13NO3/c11-6-5-10-8-1-3-9(4-2-8)12-7-13-9/h1-4,8,10-11H,5-7H2. The molecular formula is C9H13NO3. The lowest BCUT2D eigenvalue weighted by atomic mass is 10.1. The maximum atomic E-state index is 8.60. The zero-order chi connectivity index (χ0) is 9.15. The van der Waals surface area contributed by atoms with E-state index in [1.165, 1.54) is 0 Å². The highest BCUT2D eigenvalue weighted by Gasteiger charge is 2.36. The number of aliphatic hydroxyl groups is 1. The van der Waals surface area contributed by atoms with Gasteiger partial charge in [-0.05, 0) is 12.2 Å². The fourth-order valence-electron chi connectivity index (χ4n) is 1.35. The molecule has 0 radical (unpaired) electrons. The summed E-state index contributed by atoms with van der Waals surface area (Å²) in [5.41, 5.74) is 0. The van der Waals surface area contributed by atoms with E-state index in [1.807, 2.05) is 24.3 Å². The average Bonchev–Trinajstić information content (AvgIpc) is 2.13. The SMILES string of the molecule is OCCNC1C=CC2(C=C1)OCO2. The molecule has 2 aliphatic rings. The van der Waals surface area contributed by atoms with Crippen molar-refractivity contribution in [2.45, 2.75) is 11.8 Å². The van der Waals surface area contributed by atoms with Crippen LogP contribution in [-0.4, -0.2) is 36.9 Å². The van der Waals surface area contributed by atoms with Gasteiger partial charge in [0.05, 0.1) is 6.61 Å². The molecule has 0 unspecified atom stereocenters. The normalized spacial score (nSPS) is 25.0. The summed E-state index contributed by atoms with van der Waals surface area (Å²) in [6.45, 7) is 1.10. The Hall–Kier alpha value is -0.680. The average molecular weight is 183 g/mol. The van der Waals surface area contributed by atoms with Crippen molar-refractivity contribution in [1.82, 2.24) is 5.32 Å². The van der Waals surface area contributed by atoms with Crippen LogP contribution in [0.3, 0.4) is 0 Å². The lowest BCUT2D eigenvalue weighted by molar-refractivity contribution is -0.347. The van der Waals surface area contributed by atoms with E-state index in [0.29, 0.717) is 13.3 Å². The van der Waals surface area contributed by atoms with Crippen molar-refractivity contribution < 1.29 is 14.6 Å².